The fourth-order valence-corrected chi connectivity index (χ4v) is 5.93. The molecule has 1 aromatic carbocycles. The van der Waals surface area contributed by atoms with Crippen molar-refractivity contribution in [1.29, 1.82) is 0 Å². The van der Waals surface area contributed by atoms with Gasteiger partial charge in [0.2, 0.25) is 0 Å². The SMILES string of the molecule is O=S1(=O)CC[C@H](n2nc(-c3ccco3)cc2NS(=O)(=O)c2ccc(Cl)cc2)C1. The van der Waals surface area contributed by atoms with Crippen LogP contribution < -0.4 is 4.72 Å². The zero-order valence-corrected chi connectivity index (χ0v) is 16.8. The first-order valence-electron chi connectivity index (χ1n) is 8.36. The Balaban J connectivity index is 1.73. The second-order valence-electron chi connectivity index (χ2n) is 6.45. The number of anilines is 1. The predicted molar refractivity (Wildman–Crippen MR) is 104 cm³/mol. The fourth-order valence-electron chi connectivity index (χ4n) is 3.07. The second kappa shape index (κ2) is 6.94. The van der Waals surface area contributed by atoms with Crippen LogP contribution in [0, 0.1) is 0 Å². The molecule has 0 amide bonds. The number of nitrogens with zero attached hydrogens (tertiary/aromatic N) is 2. The van der Waals surface area contributed by atoms with Crippen LogP contribution in [0.4, 0.5) is 5.82 Å². The van der Waals surface area contributed by atoms with Crippen LogP contribution in [0.25, 0.3) is 11.5 Å². The van der Waals surface area contributed by atoms with Gasteiger partial charge in [-0.25, -0.2) is 21.5 Å². The highest BCUT2D eigenvalue weighted by molar-refractivity contribution is 7.92. The van der Waals surface area contributed by atoms with Crippen LogP contribution in [0.5, 0.6) is 0 Å². The van der Waals surface area contributed by atoms with Gasteiger partial charge in [0.1, 0.15) is 11.5 Å². The maximum Gasteiger partial charge on any atom is 0.263 e. The van der Waals surface area contributed by atoms with Crippen molar-refractivity contribution in [3.05, 3.63) is 53.8 Å². The van der Waals surface area contributed by atoms with E-state index >= 15 is 0 Å². The first-order chi connectivity index (χ1) is 13.2. The number of rotatable bonds is 5. The Morgan fingerprint density at radius 2 is 1.96 bits per heavy atom. The average molecular weight is 442 g/mol. The molecule has 1 aliphatic heterocycles. The Kier molecular flexibility index (Phi) is 4.72. The topological polar surface area (TPSA) is 111 Å². The summed E-state index contributed by atoms with van der Waals surface area (Å²) in [6.07, 6.45) is 1.84. The predicted octanol–water partition coefficient (Wildman–Crippen LogP) is 2.96. The number of sulfonamides is 1. The van der Waals surface area contributed by atoms with Gasteiger partial charge in [-0.2, -0.15) is 5.10 Å². The number of benzene rings is 1. The first-order valence-corrected chi connectivity index (χ1v) is 12.0. The molecule has 0 unspecified atom stereocenters. The zero-order chi connectivity index (χ0) is 19.9. The van der Waals surface area contributed by atoms with E-state index in [1.165, 1.54) is 41.3 Å². The lowest BCUT2D eigenvalue weighted by Crippen LogP contribution is -2.19. The third kappa shape index (κ3) is 3.80. The molecule has 1 aliphatic rings. The smallest absolute Gasteiger partial charge is 0.263 e. The van der Waals surface area contributed by atoms with Crippen molar-refractivity contribution in [2.45, 2.75) is 17.4 Å². The van der Waals surface area contributed by atoms with Gasteiger partial charge in [-0.1, -0.05) is 11.6 Å². The second-order valence-corrected chi connectivity index (χ2v) is 10.8. The number of sulfone groups is 1. The zero-order valence-electron chi connectivity index (χ0n) is 14.4. The van der Waals surface area contributed by atoms with E-state index in [1.807, 2.05) is 0 Å². The average Bonchev–Trinajstić information content (AvgIpc) is 3.34. The maximum absolute atomic E-state index is 12.8. The third-order valence-corrected chi connectivity index (χ3v) is 7.80. The number of hydrogen-bond acceptors (Lipinski definition) is 6. The third-order valence-electron chi connectivity index (χ3n) is 4.43. The standard InChI is InChI=1S/C17H16ClN3O5S2/c18-12-3-5-14(6-4-12)28(24,25)20-17-10-15(16-2-1-8-26-16)19-21(17)13-7-9-27(22,23)11-13/h1-6,8,10,13,20H,7,9,11H2/t13-/m0/s1. The summed E-state index contributed by atoms with van der Waals surface area (Å²) in [5.41, 5.74) is 0.406. The Hall–Kier alpha value is -2.30. The van der Waals surface area contributed by atoms with Gasteiger partial charge in [-0.3, -0.25) is 4.72 Å². The van der Waals surface area contributed by atoms with Crippen LogP contribution >= 0.6 is 11.6 Å². The highest BCUT2D eigenvalue weighted by atomic mass is 35.5. The molecule has 3 heterocycles. The summed E-state index contributed by atoms with van der Waals surface area (Å²) in [5.74, 6) is 0.564. The van der Waals surface area contributed by atoms with Crippen molar-refractivity contribution < 1.29 is 21.3 Å². The largest absolute Gasteiger partial charge is 0.463 e. The summed E-state index contributed by atoms with van der Waals surface area (Å²) < 4.78 is 58.6. The van der Waals surface area contributed by atoms with E-state index in [1.54, 1.807) is 12.1 Å². The molecule has 148 valence electrons. The summed E-state index contributed by atoms with van der Waals surface area (Å²) in [5, 5.41) is 4.82. The molecule has 0 radical (unpaired) electrons. The van der Waals surface area contributed by atoms with Crippen molar-refractivity contribution in [2.24, 2.45) is 0 Å². The monoisotopic (exact) mass is 441 g/mol. The Morgan fingerprint density at radius 3 is 2.57 bits per heavy atom. The molecule has 3 aromatic rings. The van der Waals surface area contributed by atoms with Crippen LogP contribution in [-0.2, 0) is 19.9 Å². The lowest BCUT2D eigenvalue weighted by molar-refractivity contribution is 0.504. The molecule has 8 nitrogen and oxygen atoms in total. The maximum atomic E-state index is 12.8. The number of furan rings is 1. The van der Waals surface area contributed by atoms with Crippen LogP contribution in [0.2, 0.25) is 5.02 Å². The van der Waals surface area contributed by atoms with E-state index in [4.69, 9.17) is 16.0 Å². The van der Waals surface area contributed by atoms with E-state index in [0.29, 0.717) is 22.9 Å². The van der Waals surface area contributed by atoms with Gasteiger partial charge in [-0.05, 0) is 42.8 Å². The van der Waals surface area contributed by atoms with Gasteiger partial charge in [0, 0.05) is 11.1 Å². The molecular formula is C17H16ClN3O5S2. The van der Waals surface area contributed by atoms with Gasteiger partial charge in [-0.15, -0.1) is 0 Å². The molecular weight excluding hydrogens is 426 g/mol. The van der Waals surface area contributed by atoms with Crippen LogP contribution in [0.3, 0.4) is 0 Å². The summed E-state index contributed by atoms with van der Waals surface area (Å²) in [7, 11) is -7.10. The van der Waals surface area contributed by atoms with Gasteiger partial charge < -0.3 is 4.42 Å². The van der Waals surface area contributed by atoms with Crippen molar-refractivity contribution >= 4 is 37.3 Å². The van der Waals surface area contributed by atoms with E-state index in [-0.39, 0.29) is 22.2 Å². The van der Waals surface area contributed by atoms with Crippen molar-refractivity contribution in [1.82, 2.24) is 9.78 Å². The van der Waals surface area contributed by atoms with Gasteiger partial charge >= 0.3 is 0 Å². The van der Waals surface area contributed by atoms with Crippen LogP contribution in [0.1, 0.15) is 12.5 Å². The summed E-state index contributed by atoms with van der Waals surface area (Å²) in [6, 6.07) is 10.2. The number of aromatic nitrogens is 2. The first kappa shape index (κ1) is 19.0. The quantitative estimate of drug-likeness (QED) is 0.651. The lowest BCUT2D eigenvalue weighted by atomic mass is 10.3. The molecule has 28 heavy (non-hydrogen) atoms. The molecule has 1 N–H and O–H groups in total. The summed E-state index contributed by atoms with van der Waals surface area (Å²) >= 11 is 5.82. The lowest BCUT2D eigenvalue weighted by Gasteiger charge is -2.14. The van der Waals surface area contributed by atoms with Crippen LogP contribution in [-0.4, -0.2) is 38.1 Å². The van der Waals surface area contributed by atoms with Gasteiger partial charge in [0.25, 0.3) is 10.0 Å². The van der Waals surface area contributed by atoms with Crippen molar-refractivity contribution in [3.63, 3.8) is 0 Å². The molecule has 4 rings (SSSR count). The minimum Gasteiger partial charge on any atom is -0.463 e. The number of halogens is 1. The highest BCUT2D eigenvalue weighted by Gasteiger charge is 2.32. The molecule has 1 fully saturated rings. The summed E-state index contributed by atoms with van der Waals surface area (Å²) in [6.45, 7) is 0. The van der Waals surface area contributed by atoms with Crippen molar-refractivity contribution in [2.75, 3.05) is 16.2 Å². The Labute approximate surface area is 167 Å². The molecule has 0 bridgehead atoms. The molecule has 0 saturated carbocycles. The number of nitrogens with one attached hydrogen (secondary N) is 1. The Bertz CT molecular complexity index is 1200. The van der Waals surface area contributed by atoms with Crippen molar-refractivity contribution in [3.8, 4) is 11.5 Å². The highest BCUT2D eigenvalue weighted by Crippen LogP contribution is 2.31. The molecule has 1 atom stereocenters. The van der Waals surface area contributed by atoms with E-state index in [9.17, 15) is 16.8 Å². The summed E-state index contributed by atoms with van der Waals surface area (Å²) in [4.78, 5) is 0.0308. The van der Waals surface area contributed by atoms with E-state index in [2.05, 4.69) is 9.82 Å². The Morgan fingerprint density at radius 1 is 1.21 bits per heavy atom. The molecule has 0 spiro atoms. The minimum absolute atomic E-state index is 0.0308. The molecule has 1 saturated heterocycles. The minimum atomic E-state index is -3.92. The van der Waals surface area contributed by atoms with E-state index < -0.39 is 25.9 Å². The fraction of sp³-hybridized carbons (Fsp3) is 0.235. The van der Waals surface area contributed by atoms with E-state index in [0.717, 1.165) is 0 Å². The van der Waals surface area contributed by atoms with Gasteiger partial charge in [0.15, 0.2) is 15.6 Å². The molecule has 11 heteroatoms. The van der Waals surface area contributed by atoms with Crippen LogP contribution in [0.15, 0.2) is 58.0 Å². The normalized spacial score (nSPS) is 19.0. The molecule has 0 aliphatic carbocycles. The molecule has 2 aromatic heterocycles. The number of hydrogen-bond donors (Lipinski definition) is 1. The van der Waals surface area contributed by atoms with Gasteiger partial charge in [0.05, 0.1) is 28.7 Å².